The van der Waals surface area contributed by atoms with Gasteiger partial charge in [-0.25, -0.2) is 15.0 Å². The third-order valence-corrected chi connectivity index (χ3v) is 6.30. The Morgan fingerprint density at radius 1 is 1.00 bits per heavy atom. The summed E-state index contributed by atoms with van der Waals surface area (Å²) in [6, 6.07) is 17.0. The van der Waals surface area contributed by atoms with Crippen molar-refractivity contribution in [1.29, 1.82) is 0 Å². The number of aromatic nitrogens is 5. The van der Waals surface area contributed by atoms with Gasteiger partial charge in [0.25, 0.3) is 0 Å². The smallest absolute Gasteiger partial charge is 0.165 e. The van der Waals surface area contributed by atoms with Gasteiger partial charge in [-0.3, -0.25) is 4.57 Å². The maximum Gasteiger partial charge on any atom is 0.165 e. The molecule has 1 fully saturated rings. The second-order valence-electron chi connectivity index (χ2n) is 8.31. The van der Waals surface area contributed by atoms with E-state index in [1.54, 1.807) is 6.20 Å². The van der Waals surface area contributed by atoms with Gasteiger partial charge >= 0.3 is 0 Å². The van der Waals surface area contributed by atoms with E-state index in [9.17, 15) is 0 Å². The molecule has 1 saturated heterocycles. The lowest BCUT2D eigenvalue weighted by atomic mass is 10.1. The van der Waals surface area contributed by atoms with E-state index < -0.39 is 0 Å². The molecule has 5 heterocycles. The van der Waals surface area contributed by atoms with Crippen molar-refractivity contribution in [2.75, 3.05) is 18.9 Å². The van der Waals surface area contributed by atoms with Crippen LogP contribution in [0.5, 0.6) is 0 Å². The van der Waals surface area contributed by atoms with Crippen molar-refractivity contribution in [2.24, 2.45) is 0 Å². The number of nitrogens with zero attached hydrogens (tertiary/aromatic N) is 5. The van der Waals surface area contributed by atoms with Gasteiger partial charge in [0, 0.05) is 53.8 Å². The zero-order valence-electron chi connectivity index (χ0n) is 17.9. The summed E-state index contributed by atoms with van der Waals surface area (Å²) in [7, 11) is 0. The molecule has 160 valence electrons. The van der Waals surface area contributed by atoms with Crippen molar-refractivity contribution >= 4 is 27.9 Å². The van der Waals surface area contributed by atoms with Gasteiger partial charge in [0.15, 0.2) is 5.65 Å². The summed E-state index contributed by atoms with van der Waals surface area (Å²) in [5.74, 6) is 1.38. The van der Waals surface area contributed by atoms with E-state index >= 15 is 0 Å². The molecule has 5 aromatic rings. The lowest BCUT2D eigenvalue weighted by molar-refractivity contribution is 0.0707. The van der Waals surface area contributed by atoms with E-state index in [1.165, 1.54) is 10.9 Å². The number of nitrogen functional groups attached to an aromatic ring is 1. The molecule has 6 rings (SSSR count). The molecule has 0 radical (unpaired) electrons. The highest BCUT2D eigenvalue weighted by Crippen LogP contribution is 2.30. The molecular weight excluding hydrogens is 400 g/mol. The zero-order valence-corrected chi connectivity index (χ0v) is 17.9. The normalized spacial score (nSPS) is 15.0. The molecule has 0 spiro atoms. The van der Waals surface area contributed by atoms with Crippen LogP contribution in [0.15, 0.2) is 60.9 Å². The second-order valence-corrected chi connectivity index (χ2v) is 8.31. The van der Waals surface area contributed by atoms with E-state index in [0.29, 0.717) is 11.9 Å². The molecule has 2 N–H and O–H groups in total. The molecule has 32 heavy (non-hydrogen) atoms. The minimum absolute atomic E-state index is 0.480. The fourth-order valence-electron chi connectivity index (χ4n) is 4.72. The number of ether oxygens (including phenoxy) is 1. The Morgan fingerprint density at radius 2 is 1.88 bits per heavy atom. The molecular formula is C25H24N6O. The van der Waals surface area contributed by atoms with Crippen LogP contribution in [0.3, 0.4) is 0 Å². The SMILES string of the molecule is Cc1nc2ccc(-c3ccnc(N)c3)nc2n1-c1ccc2c(ccn2C2CCOCC2)c1. The van der Waals surface area contributed by atoms with Gasteiger partial charge in [0.05, 0.1) is 5.69 Å². The van der Waals surface area contributed by atoms with E-state index in [2.05, 4.69) is 44.6 Å². The number of nitrogens with two attached hydrogens (primary N) is 1. The molecule has 0 amide bonds. The monoisotopic (exact) mass is 424 g/mol. The molecule has 7 heteroatoms. The lowest BCUT2D eigenvalue weighted by Gasteiger charge is -2.24. The van der Waals surface area contributed by atoms with Gasteiger partial charge in [-0.05, 0) is 68.3 Å². The first-order chi connectivity index (χ1) is 15.7. The number of pyridine rings is 2. The van der Waals surface area contributed by atoms with Crippen molar-refractivity contribution in [2.45, 2.75) is 25.8 Å². The van der Waals surface area contributed by atoms with E-state index in [4.69, 9.17) is 20.4 Å². The fraction of sp³-hybridized carbons (Fsp3) is 0.240. The molecule has 1 aromatic carbocycles. The third-order valence-electron chi connectivity index (χ3n) is 6.30. The van der Waals surface area contributed by atoms with E-state index in [-0.39, 0.29) is 0 Å². The largest absolute Gasteiger partial charge is 0.384 e. The van der Waals surface area contributed by atoms with Gasteiger partial charge in [-0.2, -0.15) is 0 Å². The average Bonchev–Trinajstić information content (AvgIpc) is 3.38. The Labute approximate surface area is 185 Å². The predicted molar refractivity (Wildman–Crippen MR) is 126 cm³/mol. The van der Waals surface area contributed by atoms with Gasteiger partial charge < -0.3 is 15.0 Å². The summed E-state index contributed by atoms with van der Waals surface area (Å²) in [5, 5.41) is 1.22. The summed E-state index contributed by atoms with van der Waals surface area (Å²) >= 11 is 0. The minimum Gasteiger partial charge on any atom is -0.384 e. The molecule has 0 saturated carbocycles. The van der Waals surface area contributed by atoms with Crippen LogP contribution in [-0.2, 0) is 4.74 Å². The van der Waals surface area contributed by atoms with Crippen LogP contribution in [0.4, 0.5) is 5.82 Å². The Morgan fingerprint density at radius 3 is 2.72 bits per heavy atom. The van der Waals surface area contributed by atoms with Crippen LogP contribution < -0.4 is 5.73 Å². The molecule has 0 bridgehead atoms. The van der Waals surface area contributed by atoms with Crippen molar-refractivity contribution in [1.82, 2.24) is 24.1 Å². The Balaban J connectivity index is 1.45. The number of hydrogen-bond acceptors (Lipinski definition) is 5. The number of fused-ring (bicyclic) bond motifs is 2. The zero-order chi connectivity index (χ0) is 21.7. The summed E-state index contributed by atoms with van der Waals surface area (Å²) in [6.07, 6.45) is 6.02. The van der Waals surface area contributed by atoms with Gasteiger partial charge in [0.1, 0.15) is 17.2 Å². The van der Waals surface area contributed by atoms with Gasteiger partial charge in [-0.15, -0.1) is 0 Å². The number of anilines is 1. The summed E-state index contributed by atoms with van der Waals surface area (Å²) in [5.41, 5.74) is 11.7. The number of rotatable bonds is 3. The first-order valence-corrected chi connectivity index (χ1v) is 10.9. The van der Waals surface area contributed by atoms with Crippen LogP contribution in [0.1, 0.15) is 24.7 Å². The molecule has 1 aliphatic heterocycles. The first-order valence-electron chi connectivity index (χ1n) is 10.9. The Hall–Kier alpha value is -3.71. The first kappa shape index (κ1) is 19.0. The summed E-state index contributed by atoms with van der Waals surface area (Å²) < 4.78 is 10.1. The molecule has 4 aromatic heterocycles. The minimum atomic E-state index is 0.480. The van der Waals surface area contributed by atoms with Crippen LogP contribution in [0.2, 0.25) is 0 Å². The van der Waals surface area contributed by atoms with Gasteiger partial charge in [-0.1, -0.05) is 0 Å². The van der Waals surface area contributed by atoms with Crippen LogP contribution in [-0.4, -0.2) is 37.3 Å². The number of benzene rings is 1. The maximum absolute atomic E-state index is 5.88. The topological polar surface area (TPSA) is 83.8 Å². The Bertz CT molecular complexity index is 1440. The van der Waals surface area contributed by atoms with Crippen LogP contribution in [0.25, 0.3) is 39.0 Å². The highest BCUT2D eigenvalue weighted by Gasteiger charge is 2.18. The quantitative estimate of drug-likeness (QED) is 0.455. The van der Waals surface area contributed by atoms with E-state index in [1.807, 2.05) is 31.2 Å². The van der Waals surface area contributed by atoms with Gasteiger partial charge in [0.2, 0.25) is 0 Å². The van der Waals surface area contributed by atoms with Crippen LogP contribution >= 0.6 is 0 Å². The van der Waals surface area contributed by atoms with E-state index in [0.717, 1.165) is 60.0 Å². The van der Waals surface area contributed by atoms with Crippen molar-refractivity contribution < 1.29 is 4.74 Å². The Kier molecular flexibility index (Phi) is 4.43. The van der Waals surface area contributed by atoms with Crippen LogP contribution in [0, 0.1) is 6.92 Å². The second kappa shape index (κ2) is 7.46. The standard InChI is InChI=1S/C25H24N6O/c1-16-28-22-4-3-21(17-6-10-27-24(26)15-17)29-25(22)31(16)20-2-5-23-18(14-20)7-11-30(23)19-8-12-32-13-9-19/h2-7,10-11,14-15,19H,8-9,12-13H2,1H3,(H2,26,27). The van der Waals surface area contributed by atoms with Crippen molar-refractivity contribution in [3.63, 3.8) is 0 Å². The lowest BCUT2D eigenvalue weighted by Crippen LogP contribution is -2.18. The van der Waals surface area contributed by atoms with Crippen molar-refractivity contribution in [3.8, 4) is 16.9 Å². The summed E-state index contributed by atoms with van der Waals surface area (Å²) in [6.45, 7) is 3.68. The third kappa shape index (κ3) is 3.13. The predicted octanol–water partition coefficient (Wildman–Crippen LogP) is 4.68. The summed E-state index contributed by atoms with van der Waals surface area (Å²) in [4.78, 5) is 13.8. The maximum atomic E-state index is 5.88. The molecule has 0 unspecified atom stereocenters. The number of aryl methyl sites for hydroxylation is 1. The average molecular weight is 425 g/mol. The highest BCUT2D eigenvalue weighted by molar-refractivity contribution is 5.84. The highest BCUT2D eigenvalue weighted by atomic mass is 16.5. The van der Waals surface area contributed by atoms with Crippen molar-refractivity contribution in [3.05, 3.63) is 66.7 Å². The molecule has 0 aliphatic carbocycles. The number of hydrogen-bond donors (Lipinski definition) is 1. The molecule has 0 atom stereocenters. The number of imidazole rings is 1. The fourth-order valence-corrected chi connectivity index (χ4v) is 4.72. The molecule has 1 aliphatic rings. The molecule has 7 nitrogen and oxygen atoms in total.